The van der Waals surface area contributed by atoms with E-state index < -0.39 is 17.8 Å². The van der Waals surface area contributed by atoms with Gasteiger partial charge in [0.1, 0.15) is 0 Å². The van der Waals surface area contributed by atoms with Crippen molar-refractivity contribution in [1.29, 1.82) is 0 Å². The topological polar surface area (TPSA) is 53.6 Å². The number of rotatable bonds is 1. The van der Waals surface area contributed by atoms with Crippen molar-refractivity contribution in [3.8, 4) is 11.1 Å². The number of para-hydroxylation sites is 1. The number of benzene rings is 2. The predicted molar refractivity (Wildman–Crippen MR) is 96.2 cm³/mol. The number of hydrogen-bond donors (Lipinski definition) is 2. The van der Waals surface area contributed by atoms with Crippen molar-refractivity contribution in [2.24, 2.45) is 0 Å². The van der Waals surface area contributed by atoms with Gasteiger partial charge in [0.25, 0.3) is 0 Å². The minimum Gasteiger partial charge on any atom is -0.374 e. The minimum atomic E-state index is -4.45. The van der Waals surface area contributed by atoms with Crippen LogP contribution in [0.15, 0.2) is 60.9 Å². The average Bonchev–Trinajstić information content (AvgIpc) is 3.03. The van der Waals surface area contributed by atoms with Gasteiger partial charge in [0, 0.05) is 34.0 Å². The average molecular weight is 366 g/mol. The molecule has 7 heteroatoms. The number of anilines is 1. The van der Waals surface area contributed by atoms with E-state index in [0.717, 1.165) is 28.3 Å². The van der Waals surface area contributed by atoms with Crippen molar-refractivity contribution >= 4 is 16.7 Å². The summed E-state index contributed by atoms with van der Waals surface area (Å²) in [6.45, 7) is 0. The largest absolute Gasteiger partial charge is 0.416 e. The molecule has 3 heterocycles. The molecule has 0 aliphatic carbocycles. The maximum absolute atomic E-state index is 13.7. The molecule has 0 radical (unpaired) electrons. The predicted octanol–water partition coefficient (Wildman–Crippen LogP) is 5.16. The number of nitrogens with one attached hydrogen (secondary N) is 2. The number of H-pyrrole nitrogens is 1. The third-order valence-corrected chi connectivity index (χ3v) is 4.91. The van der Waals surface area contributed by atoms with Crippen molar-refractivity contribution < 1.29 is 13.2 Å². The van der Waals surface area contributed by atoms with Crippen LogP contribution in [0.25, 0.3) is 22.2 Å². The normalized spacial score (nSPS) is 15.9. The van der Waals surface area contributed by atoms with E-state index in [1.54, 1.807) is 18.5 Å². The van der Waals surface area contributed by atoms with Gasteiger partial charge in [-0.1, -0.05) is 36.4 Å². The van der Waals surface area contributed by atoms with Gasteiger partial charge in [-0.3, -0.25) is 0 Å². The van der Waals surface area contributed by atoms with Crippen LogP contribution in [-0.2, 0) is 6.18 Å². The zero-order valence-corrected chi connectivity index (χ0v) is 13.9. The molecular weight excluding hydrogens is 353 g/mol. The Morgan fingerprint density at radius 3 is 2.52 bits per heavy atom. The Kier molecular flexibility index (Phi) is 3.28. The molecule has 0 fully saturated rings. The molecule has 0 bridgehead atoms. The highest BCUT2D eigenvalue weighted by Gasteiger charge is 2.37. The Balaban J connectivity index is 1.84. The Bertz CT molecular complexity index is 1160. The minimum absolute atomic E-state index is 0.172. The molecule has 134 valence electrons. The van der Waals surface area contributed by atoms with Gasteiger partial charge in [0.05, 0.1) is 17.8 Å². The first-order chi connectivity index (χ1) is 13.0. The smallest absolute Gasteiger partial charge is 0.374 e. The number of aromatic amines is 1. The lowest BCUT2D eigenvalue weighted by molar-refractivity contribution is -0.138. The third-order valence-electron chi connectivity index (χ3n) is 4.91. The maximum Gasteiger partial charge on any atom is 0.416 e. The van der Waals surface area contributed by atoms with Crippen LogP contribution in [-0.4, -0.2) is 15.2 Å². The number of hydrogen-bond acceptors (Lipinski definition) is 3. The van der Waals surface area contributed by atoms with Crippen molar-refractivity contribution in [2.75, 3.05) is 5.32 Å². The zero-order chi connectivity index (χ0) is 18.6. The lowest BCUT2D eigenvalue weighted by Gasteiger charge is -2.23. The van der Waals surface area contributed by atoms with E-state index in [9.17, 15) is 13.2 Å². The Morgan fingerprint density at radius 2 is 1.67 bits per heavy atom. The molecule has 4 nitrogen and oxygen atoms in total. The second kappa shape index (κ2) is 5.57. The van der Waals surface area contributed by atoms with Crippen LogP contribution < -0.4 is 5.32 Å². The molecule has 2 aromatic carbocycles. The summed E-state index contributed by atoms with van der Waals surface area (Å²) in [5.74, 6) is 0. The highest BCUT2D eigenvalue weighted by atomic mass is 19.4. The fourth-order valence-corrected chi connectivity index (χ4v) is 3.76. The molecule has 0 saturated carbocycles. The highest BCUT2D eigenvalue weighted by molar-refractivity contribution is 6.00. The number of halogens is 3. The summed E-state index contributed by atoms with van der Waals surface area (Å²) in [7, 11) is 0. The molecule has 0 amide bonds. The van der Waals surface area contributed by atoms with E-state index in [4.69, 9.17) is 0 Å². The summed E-state index contributed by atoms with van der Waals surface area (Å²) in [5, 5.41) is 12.2. The SMILES string of the molecule is FC(F)(F)c1ccccc1C1Nc2ccccc2-c2cnnc3[nH]cc1c23. The lowest BCUT2D eigenvalue weighted by atomic mass is 9.94. The number of alkyl halides is 3. The van der Waals surface area contributed by atoms with Crippen LogP contribution in [0.4, 0.5) is 18.9 Å². The molecule has 5 rings (SSSR count). The molecule has 1 aliphatic rings. The van der Waals surface area contributed by atoms with E-state index in [-0.39, 0.29) is 5.56 Å². The van der Waals surface area contributed by atoms with Crippen LogP contribution >= 0.6 is 0 Å². The van der Waals surface area contributed by atoms with E-state index in [2.05, 4.69) is 20.5 Å². The molecule has 1 aliphatic heterocycles. The Labute approximate surface area is 152 Å². The maximum atomic E-state index is 13.7. The van der Waals surface area contributed by atoms with Crippen LogP contribution in [0.1, 0.15) is 22.7 Å². The summed E-state index contributed by atoms with van der Waals surface area (Å²) in [5.41, 5.74) is 3.25. The van der Waals surface area contributed by atoms with Gasteiger partial charge in [-0.05, 0) is 17.7 Å². The Morgan fingerprint density at radius 1 is 0.889 bits per heavy atom. The van der Waals surface area contributed by atoms with Crippen LogP contribution in [0.5, 0.6) is 0 Å². The highest BCUT2D eigenvalue weighted by Crippen LogP contribution is 2.45. The molecular formula is C20H13F3N4. The molecule has 0 spiro atoms. The van der Waals surface area contributed by atoms with E-state index in [1.165, 1.54) is 12.1 Å². The van der Waals surface area contributed by atoms with Crippen molar-refractivity contribution in [2.45, 2.75) is 12.2 Å². The monoisotopic (exact) mass is 366 g/mol. The van der Waals surface area contributed by atoms with Gasteiger partial charge in [-0.25, -0.2) is 0 Å². The first-order valence-electron chi connectivity index (χ1n) is 8.39. The van der Waals surface area contributed by atoms with Crippen LogP contribution in [0.2, 0.25) is 0 Å². The second-order valence-corrected chi connectivity index (χ2v) is 6.43. The number of fused-ring (bicyclic) bond motifs is 2. The summed E-state index contributed by atoms with van der Waals surface area (Å²) < 4.78 is 41.0. The van der Waals surface area contributed by atoms with Gasteiger partial charge in [-0.15, -0.1) is 5.10 Å². The third kappa shape index (κ3) is 2.38. The first-order valence-corrected chi connectivity index (χ1v) is 8.39. The summed E-state index contributed by atoms with van der Waals surface area (Å²) in [6.07, 6.45) is -1.09. The molecule has 4 aromatic rings. The Hall–Kier alpha value is -3.35. The molecule has 27 heavy (non-hydrogen) atoms. The standard InChI is InChI=1S/C20H13F3N4/c21-20(22,23)15-7-3-1-6-12(15)18-14-9-24-19-17(14)13(10-25-27-19)11-5-2-4-8-16(11)26-18/h1-10,18,26H,(H,24,27). The molecule has 0 saturated heterocycles. The molecule has 1 unspecified atom stereocenters. The number of aromatic nitrogens is 3. The quantitative estimate of drug-likeness (QED) is 0.489. The van der Waals surface area contributed by atoms with E-state index >= 15 is 0 Å². The summed E-state index contributed by atoms with van der Waals surface area (Å²) >= 11 is 0. The van der Waals surface area contributed by atoms with Crippen LogP contribution in [0, 0.1) is 0 Å². The van der Waals surface area contributed by atoms with Crippen molar-refractivity contribution in [3.05, 3.63) is 77.6 Å². The molecule has 2 aromatic heterocycles. The zero-order valence-electron chi connectivity index (χ0n) is 13.9. The first kappa shape index (κ1) is 15.9. The van der Waals surface area contributed by atoms with Gasteiger partial charge < -0.3 is 10.3 Å². The molecule has 1 atom stereocenters. The number of nitrogens with zero attached hydrogens (tertiary/aromatic N) is 2. The van der Waals surface area contributed by atoms with Gasteiger partial charge >= 0.3 is 6.18 Å². The van der Waals surface area contributed by atoms with Gasteiger partial charge in [0.2, 0.25) is 0 Å². The van der Waals surface area contributed by atoms with Gasteiger partial charge in [-0.2, -0.15) is 18.3 Å². The van der Waals surface area contributed by atoms with Crippen molar-refractivity contribution in [1.82, 2.24) is 15.2 Å². The fourth-order valence-electron chi connectivity index (χ4n) is 3.76. The van der Waals surface area contributed by atoms with E-state index in [0.29, 0.717) is 11.2 Å². The fraction of sp³-hybridized carbons (Fsp3) is 0.100. The van der Waals surface area contributed by atoms with Crippen LogP contribution in [0.3, 0.4) is 0 Å². The molecule has 2 N–H and O–H groups in total. The van der Waals surface area contributed by atoms with E-state index in [1.807, 2.05) is 24.3 Å². The lowest BCUT2D eigenvalue weighted by Crippen LogP contribution is -2.17. The second-order valence-electron chi connectivity index (χ2n) is 6.43. The summed E-state index contributed by atoms with van der Waals surface area (Å²) in [4.78, 5) is 3.04. The van der Waals surface area contributed by atoms with Crippen molar-refractivity contribution in [3.63, 3.8) is 0 Å². The van der Waals surface area contributed by atoms with Gasteiger partial charge in [0.15, 0.2) is 5.65 Å². The summed E-state index contributed by atoms with van der Waals surface area (Å²) in [6, 6.07) is 12.5.